The fourth-order valence-corrected chi connectivity index (χ4v) is 5.30. The molecule has 1 aliphatic rings. The molecule has 0 aromatic carbocycles. The maximum atomic E-state index is 14.4. The van der Waals surface area contributed by atoms with Crippen molar-refractivity contribution < 1.29 is 23.1 Å². The topological polar surface area (TPSA) is 133 Å². The van der Waals surface area contributed by atoms with E-state index in [4.69, 9.17) is 0 Å². The Morgan fingerprint density at radius 1 is 1.14 bits per heavy atom. The molecule has 226 valence electrons. The predicted octanol–water partition coefficient (Wildman–Crippen LogP) is 4.71. The van der Waals surface area contributed by atoms with Crippen LogP contribution < -0.4 is 10.6 Å². The number of nitrogens with zero attached hydrogens (tertiary/aromatic N) is 6. The standard InChI is InChI=1S/C30H33F3N8O2/c1-30(2,43)27(31)15-36-29(42)23-14-35-25(26-8-7-22-9-18(11-34)12-38-41(22)26)10-24(23)39-21-5-3-19(4-6-21)20-13-37-40(16-20)17-28(32)33/h7-10,12-14,16,19,21,27-28,43H,3-6,15,17H2,1-2H3,(H,35,39)(H,36,42)/t19-,21-,27-/m1/s1. The Balaban J connectivity index is 1.36. The van der Waals surface area contributed by atoms with E-state index in [1.807, 2.05) is 12.1 Å². The van der Waals surface area contributed by atoms with E-state index in [1.54, 1.807) is 29.0 Å². The van der Waals surface area contributed by atoms with Gasteiger partial charge in [-0.1, -0.05) is 0 Å². The first-order chi connectivity index (χ1) is 20.5. The monoisotopic (exact) mass is 594 g/mol. The molecular formula is C30H33F3N8O2. The molecule has 1 aliphatic carbocycles. The fourth-order valence-electron chi connectivity index (χ4n) is 5.30. The van der Waals surface area contributed by atoms with Crippen molar-refractivity contribution in [1.82, 2.24) is 29.7 Å². The molecule has 13 heteroatoms. The van der Waals surface area contributed by atoms with Crippen molar-refractivity contribution >= 4 is 17.1 Å². The van der Waals surface area contributed by atoms with Crippen LogP contribution in [0.5, 0.6) is 0 Å². The molecule has 5 rings (SSSR count). The molecule has 1 amide bonds. The Kier molecular flexibility index (Phi) is 8.68. The molecular weight excluding hydrogens is 561 g/mol. The lowest BCUT2D eigenvalue weighted by atomic mass is 9.83. The van der Waals surface area contributed by atoms with Crippen molar-refractivity contribution in [2.75, 3.05) is 11.9 Å². The van der Waals surface area contributed by atoms with Gasteiger partial charge in [0.25, 0.3) is 12.3 Å². The third-order valence-corrected chi connectivity index (χ3v) is 7.79. The summed E-state index contributed by atoms with van der Waals surface area (Å²) >= 11 is 0. The molecule has 3 N–H and O–H groups in total. The van der Waals surface area contributed by atoms with Crippen LogP contribution in [-0.4, -0.2) is 66.2 Å². The van der Waals surface area contributed by atoms with E-state index in [-0.39, 0.29) is 24.1 Å². The van der Waals surface area contributed by atoms with E-state index < -0.39 is 30.7 Å². The first-order valence-corrected chi connectivity index (χ1v) is 14.1. The minimum atomic E-state index is -2.47. The number of fused-ring (bicyclic) bond motifs is 1. The largest absolute Gasteiger partial charge is 0.387 e. The number of carbonyl (C=O) groups is 1. The summed E-state index contributed by atoms with van der Waals surface area (Å²) in [6.45, 7) is 1.87. The Hall–Kier alpha value is -4.44. The summed E-state index contributed by atoms with van der Waals surface area (Å²) in [5.74, 6) is -0.342. The first kappa shape index (κ1) is 30.0. The number of pyridine rings is 1. The van der Waals surface area contributed by atoms with Crippen LogP contribution in [0.1, 0.15) is 66.9 Å². The van der Waals surface area contributed by atoms with E-state index in [2.05, 4.69) is 31.9 Å². The van der Waals surface area contributed by atoms with Crippen LogP contribution in [0, 0.1) is 11.3 Å². The van der Waals surface area contributed by atoms with Gasteiger partial charge in [0.15, 0.2) is 0 Å². The Morgan fingerprint density at radius 2 is 1.91 bits per heavy atom. The summed E-state index contributed by atoms with van der Waals surface area (Å²) < 4.78 is 42.8. The van der Waals surface area contributed by atoms with Crippen LogP contribution in [0.2, 0.25) is 0 Å². The van der Waals surface area contributed by atoms with Gasteiger partial charge in [-0.2, -0.15) is 15.5 Å². The average molecular weight is 595 g/mol. The number of hydrogen-bond acceptors (Lipinski definition) is 7. The highest BCUT2D eigenvalue weighted by molar-refractivity contribution is 6.00. The lowest BCUT2D eigenvalue weighted by Gasteiger charge is -2.30. The van der Waals surface area contributed by atoms with E-state index >= 15 is 0 Å². The highest BCUT2D eigenvalue weighted by atomic mass is 19.3. The summed E-state index contributed by atoms with van der Waals surface area (Å²) in [5.41, 5.74) is 2.39. The number of aliphatic hydroxyl groups is 1. The maximum absolute atomic E-state index is 14.4. The lowest BCUT2D eigenvalue weighted by Crippen LogP contribution is -2.42. The summed E-state index contributed by atoms with van der Waals surface area (Å²) in [7, 11) is 0. The summed E-state index contributed by atoms with van der Waals surface area (Å²) in [5, 5.41) is 33.6. The number of amides is 1. The van der Waals surface area contributed by atoms with Gasteiger partial charge in [0.2, 0.25) is 0 Å². The Morgan fingerprint density at radius 3 is 2.60 bits per heavy atom. The van der Waals surface area contributed by atoms with Gasteiger partial charge in [-0.05, 0) is 75.3 Å². The van der Waals surface area contributed by atoms with Crippen LogP contribution in [0.3, 0.4) is 0 Å². The molecule has 4 aromatic heterocycles. The van der Waals surface area contributed by atoms with Gasteiger partial charge in [-0.25, -0.2) is 17.7 Å². The number of alkyl halides is 3. The van der Waals surface area contributed by atoms with E-state index in [0.29, 0.717) is 28.2 Å². The van der Waals surface area contributed by atoms with Crippen molar-refractivity contribution in [3.63, 3.8) is 0 Å². The molecule has 0 unspecified atom stereocenters. The highest BCUT2D eigenvalue weighted by Gasteiger charge is 2.28. The second-order valence-corrected chi connectivity index (χ2v) is 11.4. The second-order valence-electron chi connectivity index (χ2n) is 11.4. The number of halogens is 3. The molecule has 0 spiro atoms. The van der Waals surface area contributed by atoms with Crippen molar-refractivity contribution in [3.8, 4) is 17.5 Å². The maximum Gasteiger partial charge on any atom is 0.257 e. The summed E-state index contributed by atoms with van der Waals surface area (Å²) in [6.07, 6.45) is 5.23. The van der Waals surface area contributed by atoms with Gasteiger partial charge < -0.3 is 15.7 Å². The van der Waals surface area contributed by atoms with Crippen LogP contribution in [0.25, 0.3) is 16.9 Å². The van der Waals surface area contributed by atoms with Crippen molar-refractivity contribution in [2.24, 2.45) is 0 Å². The third-order valence-electron chi connectivity index (χ3n) is 7.79. The molecule has 1 saturated carbocycles. The predicted molar refractivity (Wildman–Crippen MR) is 154 cm³/mol. The number of aromatic nitrogens is 5. The van der Waals surface area contributed by atoms with Gasteiger partial charge in [-0.3, -0.25) is 14.5 Å². The summed E-state index contributed by atoms with van der Waals surface area (Å²) in [4.78, 5) is 17.7. The van der Waals surface area contributed by atoms with Gasteiger partial charge >= 0.3 is 0 Å². The third kappa shape index (κ3) is 6.97. The number of rotatable bonds is 10. The fraction of sp³-hybridized carbons (Fsp3) is 0.433. The number of hydrogen-bond donors (Lipinski definition) is 3. The molecule has 4 aromatic rings. The molecule has 0 aliphatic heterocycles. The van der Waals surface area contributed by atoms with Gasteiger partial charge in [0, 0.05) is 18.4 Å². The lowest BCUT2D eigenvalue weighted by molar-refractivity contribution is -0.00177. The zero-order valence-corrected chi connectivity index (χ0v) is 23.8. The quantitative estimate of drug-likeness (QED) is 0.242. The number of carbonyl (C=O) groups excluding carboxylic acids is 1. The van der Waals surface area contributed by atoms with Gasteiger partial charge in [-0.15, -0.1) is 0 Å². The molecule has 0 radical (unpaired) electrons. The number of nitriles is 1. The van der Waals surface area contributed by atoms with Gasteiger partial charge in [0.05, 0.1) is 58.3 Å². The van der Waals surface area contributed by atoms with E-state index in [0.717, 1.165) is 31.2 Å². The molecule has 10 nitrogen and oxygen atoms in total. The molecule has 1 atom stereocenters. The van der Waals surface area contributed by atoms with Crippen LogP contribution in [-0.2, 0) is 6.54 Å². The highest BCUT2D eigenvalue weighted by Crippen LogP contribution is 2.35. The zero-order valence-electron chi connectivity index (χ0n) is 23.8. The van der Waals surface area contributed by atoms with E-state index in [1.165, 1.54) is 30.9 Å². The van der Waals surface area contributed by atoms with E-state index in [9.17, 15) is 28.3 Å². The minimum Gasteiger partial charge on any atom is -0.387 e. The van der Waals surface area contributed by atoms with Crippen molar-refractivity contribution in [2.45, 2.75) is 76.2 Å². The second kappa shape index (κ2) is 12.4. The Labute approximate surface area is 246 Å². The number of anilines is 1. The Bertz CT molecular complexity index is 1630. The van der Waals surface area contributed by atoms with Gasteiger partial charge in [0.1, 0.15) is 18.8 Å². The molecule has 1 fully saturated rings. The zero-order chi connectivity index (χ0) is 30.7. The SMILES string of the molecule is CC(C)(O)[C@H](F)CNC(=O)c1cnc(-c2ccc3cc(C#N)cnn23)cc1N[C@H]1CC[C@H](c2cnn(CC(F)F)c2)CC1. The molecule has 43 heavy (non-hydrogen) atoms. The van der Waals surface area contributed by atoms with Crippen molar-refractivity contribution in [1.29, 1.82) is 5.26 Å². The first-order valence-electron chi connectivity index (χ1n) is 14.1. The molecule has 0 saturated heterocycles. The minimum absolute atomic E-state index is 0.0137. The average Bonchev–Trinajstić information content (AvgIpc) is 3.62. The van der Waals surface area contributed by atoms with Crippen LogP contribution in [0.4, 0.5) is 18.9 Å². The normalized spacial score (nSPS) is 18.0. The summed E-state index contributed by atoms with van der Waals surface area (Å²) in [6, 6.07) is 9.19. The molecule has 0 bridgehead atoms. The molecule has 4 heterocycles. The number of nitrogens with one attached hydrogen (secondary N) is 2. The smallest absolute Gasteiger partial charge is 0.257 e. The van der Waals surface area contributed by atoms with Crippen molar-refractivity contribution in [3.05, 3.63) is 65.7 Å². The van der Waals surface area contributed by atoms with Crippen LogP contribution >= 0.6 is 0 Å². The van der Waals surface area contributed by atoms with Crippen LogP contribution in [0.15, 0.2) is 49.1 Å².